The lowest BCUT2D eigenvalue weighted by Crippen LogP contribution is -2.30. The molecular formula is C59H114O6. The zero-order valence-corrected chi connectivity index (χ0v) is 44.6. The highest BCUT2D eigenvalue weighted by atomic mass is 16.6. The summed E-state index contributed by atoms with van der Waals surface area (Å²) in [6.07, 6.45) is 55.4. The van der Waals surface area contributed by atoms with E-state index in [4.69, 9.17) is 14.2 Å². The number of unbranched alkanes of at least 4 members (excludes halogenated alkanes) is 37. The van der Waals surface area contributed by atoms with Gasteiger partial charge in [0.05, 0.1) is 0 Å². The second-order valence-electron chi connectivity index (χ2n) is 21.0. The summed E-state index contributed by atoms with van der Waals surface area (Å²) < 4.78 is 16.8. The van der Waals surface area contributed by atoms with Crippen molar-refractivity contribution in [2.45, 2.75) is 336 Å². The first-order valence-corrected chi connectivity index (χ1v) is 29.3. The molecule has 1 unspecified atom stereocenters. The average molecular weight is 920 g/mol. The molecule has 0 aromatic carbocycles. The topological polar surface area (TPSA) is 78.9 Å². The van der Waals surface area contributed by atoms with Crippen LogP contribution in [0.25, 0.3) is 0 Å². The van der Waals surface area contributed by atoms with E-state index in [-0.39, 0.29) is 31.1 Å². The predicted octanol–water partition coefficient (Wildman–Crippen LogP) is 19.3. The Morgan fingerprint density at radius 1 is 0.323 bits per heavy atom. The number of rotatable bonds is 53. The molecular weight excluding hydrogens is 805 g/mol. The number of carbonyl (C=O) groups excluding carboxylic acids is 3. The lowest BCUT2D eigenvalue weighted by molar-refractivity contribution is -0.167. The maximum absolute atomic E-state index is 12.7. The second kappa shape index (κ2) is 51.8. The van der Waals surface area contributed by atoms with Gasteiger partial charge in [-0.1, -0.05) is 291 Å². The number of esters is 3. The van der Waals surface area contributed by atoms with E-state index in [0.29, 0.717) is 19.3 Å². The molecule has 0 spiro atoms. The van der Waals surface area contributed by atoms with Gasteiger partial charge < -0.3 is 14.2 Å². The molecule has 0 aliphatic carbocycles. The van der Waals surface area contributed by atoms with Gasteiger partial charge in [-0.2, -0.15) is 0 Å². The van der Waals surface area contributed by atoms with Gasteiger partial charge in [0.1, 0.15) is 13.2 Å². The molecule has 0 rings (SSSR count). The van der Waals surface area contributed by atoms with Crippen LogP contribution in [0, 0.1) is 11.8 Å². The fourth-order valence-corrected chi connectivity index (χ4v) is 9.02. The standard InChI is InChI=1S/C59H114O6/c1-6-8-9-10-32-41-46-51-59(62)65-56(53-64-58(61)50-45-40-36-31-27-23-19-15-16-20-24-28-33-37-42-47-54(3)4)52-63-57(60)49-44-39-35-30-26-22-18-14-12-11-13-17-21-25-29-34-38-43-48-55(5)7-2/h54-56H,6-53H2,1-5H3/t55?,56-/m1/s1. The van der Waals surface area contributed by atoms with Crippen molar-refractivity contribution in [3.8, 4) is 0 Å². The Morgan fingerprint density at radius 2 is 0.585 bits per heavy atom. The summed E-state index contributed by atoms with van der Waals surface area (Å²) in [7, 11) is 0. The molecule has 0 bridgehead atoms. The van der Waals surface area contributed by atoms with Gasteiger partial charge in [-0.3, -0.25) is 14.4 Å². The molecule has 2 atom stereocenters. The fraction of sp³-hybridized carbons (Fsp3) is 0.949. The van der Waals surface area contributed by atoms with E-state index < -0.39 is 6.10 Å². The molecule has 6 nitrogen and oxygen atoms in total. The number of ether oxygens (including phenoxy) is 3. The summed E-state index contributed by atoms with van der Waals surface area (Å²) >= 11 is 0. The van der Waals surface area contributed by atoms with E-state index in [1.807, 2.05) is 0 Å². The maximum Gasteiger partial charge on any atom is 0.306 e. The van der Waals surface area contributed by atoms with Crippen LogP contribution < -0.4 is 0 Å². The van der Waals surface area contributed by atoms with Crippen molar-refractivity contribution in [1.82, 2.24) is 0 Å². The molecule has 0 saturated heterocycles. The third-order valence-corrected chi connectivity index (χ3v) is 13.8. The summed E-state index contributed by atoms with van der Waals surface area (Å²) in [4.78, 5) is 37.9. The predicted molar refractivity (Wildman–Crippen MR) is 280 cm³/mol. The highest BCUT2D eigenvalue weighted by molar-refractivity contribution is 5.71. The highest BCUT2D eigenvalue weighted by Gasteiger charge is 2.19. The lowest BCUT2D eigenvalue weighted by Gasteiger charge is -2.18. The van der Waals surface area contributed by atoms with Crippen LogP contribution >= 0.6 is 0 Å². The summed E-state index contributed by atoms with van der Waals surface area (Å²) in [5, 5.41) is 0. The summed E-state index contributed by atoms with van der Waals surface area (Å²) in [6.45, 7) is 11.4. The fourth-order valence-electron chi connectivity index (χ4n) is 9.02. The third-order valence-electron chi connectivity index (χ3n) is 13.8. The third kappa shape index (κ3) is 51.6. The molecule has 6 heteroatoms. The van der Waals surface area contributed by atoms with Gasteiger partial charge in [-0.25, -0.2) is 0 Å². The largest absolute Gasteiger partial charge is 0.462 e. The minimum absolute atomic E-state index is 0.0633. The van der Waals surface area contributed by atoms with E-state index in [1.54, 1.807) is 0 Å². The first-order chi connectivity index (χ1) is 31.8. The molecule has 65 heavy (non-hydrogen) atoms. The van der Waals surface area contributed by atoms with Crippen LogP contribution in [0.2, 0.25) is 0 Å². The van der Waals surface area contributed by atoms with E-state index in [2.05, 4.69) is 34.6 Å². The monoisotopic (exact) mass is 919 g/mol. The van der Waals surface area contributed by atoms with Gasteiger partial charge in [-0.05, 0) is 31.1 Å². The molecule has 0 radical (unpaired) electrons. The summed E-state index contributed by atoms with van der Waals surface area (Å²) in [6, 6.07) is 0. The minimum atomic E-state index is -0.761. The zero-order chi connectivity index (χ0) is 47.5. The minimum Gasteiger partial charge on any atom is -0.462 e. The molecule has 386 valence electrons. The number of carbonyl (C=O) groups is 3. The van der Waals surface area contributed by atoms with Gasteiger partial charge in [0.15, 0.2) is 6.10 Å². The number of hydrogen-bond acceptors (Lipinski definition) is 6. The van der Waals surface area contributed by atoms with Crippen LogP contribution in [0.1, 0.15) is 330 Å². The van der Waals surface area contributed by atoms with Crippen LogP contribution in [-0.2, 0) is 28.6 Å². The van der Waals surface area contributed by atoms with Crippen molar-refractivity contribution in [3.63, 3.8) is 0 Å². The van der Waals surface area contributed by atoms with Gasteiger partial charge in [0, 0.05) is 19.3 Å². The van der Waals surface area contributed by atoms with Crippen LogP contribution in [0.4, 0.5) is 0 Å². The van der Waals surface area contributed by atoms with Crippen molar-refractivity contribution in [3.05, 3.63) is 0 Å². The van der Waals surface area contributed by atoms with Gasteiger partial charge in [0.25, 0.3) is 0 Å². The Morgan fingerprint density at radius 3 is 0.877 bits per heavy atom. The SMILES string of the molecule is CCCCCCCCCC(=O)O[C@H](COC(=O)CCCCCCCCCCCCCCCCCCCCC(C)CC)COC(=O)CCCCCCCCCCCCCCCCCC(C)C. The Labute approximate surface area is 406 Å². The van der Waals surface area contributed by atoms with Crippen LogP contribution in [-0.4, -0.2) is 37.2 Å². The molecule has 0 fully saturated rings. The molecule has 0 heterocycles. The smallest absolute Gasteiger partial charge is 0.306 e. The quantitative estimate of drug-likeness (QED) is 0.0344. The molecule has 0 aromatic heterocycles. The lowest BCUT2D eigenvalue weighted by atomic mass is 9.99. The Bertz CT molecular complexity index is 995. The zero-order valence-electron chi connectivity index (χ0n) is 44.6. The van der Waals surface area contributed by atoms with Crippen molar-refractivity contribution < 1.29 is 28.6 Å². The van der Waals surface area contributed by atoms with Gasteiger partial charge in [0.2, 0.25) is 0 Å². The van der Waals surface area contributed by atoms with E-state index in [0.717, 1.165) is 69.6 Å². The first kappa shape index (κ1) is 63.4. The number of hydrogen-bond donors (Lipinski definition) is 0. The molecule has 0 aromatic rings. The molecule has 0 saturated carbocycles. The maximum atomic E-state index is 12.7. The van der Waals surface area contributed by atoms with Gasteiger partial charge >= 0.3 is 17.9 Å². The average Bonchev–Trinajstić information content (AvgIpc) is 3.29. The molecule has 0 aliphatic heterocycles. The molecule has 0 aliphatic rings. The van der Waals surface area contributed by atoms with Crippen LogP contribution in [0.15, 0.2) is 0 Å². The van der Waals surface area contributed by atoms with E-state index >= 15 is 0 Å². The Balaban J connectivity index is 4.07. The van der Waals surface area contributed by atoms with Crippen molar-refractivity contribution >= 4 is 17.9 Å². The second-order valence-corrected chi connectivity index (χ2v) is 21.0. The van der Waals surface area contributed by atoms with Crippen LogP contribution in [0.3, 0.4) is 0 Å². The van der Waals surface area contributed by atoms with Gasteiger partial charge in [-0.15, -0.1) is 0 Å². The normalized spacial score (nSPS) is 12.5. The first-order valence-electron chi connectivity index (χ1n) is 29.3. The highest BCUT2D eigenvalue weighted by Crippen LogP contribution is 2.19. The van der Waals surface area contributed by atoms with Crippen LogP contribution in [0.5, 0.6) is 0 Å². The molecule has 0 N–H and O–H groups in total. The summed E-state index contributed by atoms with van der Waals surface area (Å²) in [5.74, 6) is 0.912. The van der Waals surface area contributed by atoms with Crippen molar-refractivity contribution in [2.75, 3.05) is 13.2 Å². The van der Waals surface area contributed by atoms with E-state index in [1.165, 1.54) is 218 Å². The Kier molecular flexibility index (Phi) is 50.5. The van der Waals surface area contributed by atoms with Crippen molar-refractivity contribution in [2.24, 2.45) is 11.8 Å². The Hall–Kier alpha value is -1.59. The van der Waals surface area contributed by atoms with Crippen molar-refractivity contribution in [1.29, 1.82) is 0 Å². The molecule has 0 amide bonds. The van der Waals surface area contributed by atoms with E-state index in [9.17, 15) is 14.4 Å². The summed E-state index contributed by atoms with van der Waals surface area (Å²) in [5.41, 5.74) is 0.